The highest BCUT2D eigenvalue weighted by Crippen LogP contribution is 2.29. The van der Waals surface area contributed by atoms with Gasteiger partial charge in [0.15, 0.2) is 0 Å². The van der Waals surface area contributed by atoms with Crippen LogP contribution in [0.1, 0.15) is 85.9 Å². The lowest BCUT2D eigenvalue weighted by atomic mass is 9.84. The molecule has 1 aromatic heterocycles. The normalized spacial score (nSPS) is 20.2. The number of hydrogen-bond acceptors (Lipinski definition) is 8. The first-order valence-corrected chi connectivity index (χ1v) is 17.7. The monoisotopic (exact) mass is 728 g/mol. The van der Waals surface area contributed by atoms with E-state index in [-0.39, 0.29) is 55.5 Å². The Balaban J connectivity index is 1.56. The van der Waals surface area contributed by atoms with Gasteiger partial charge < -0.3 is 35.6 Å². The number of anilines is 1. The molecular formula is C40H52N6O7. The van der Waals surface area contributed by atoms with E-state index >= 15 is 0 Å². The summed E-state index contributed by atoms with van der Waals surface area (Å²) < 4.78 is 5.77. The summed E-state index contributed by atoms with van der Waals surface area (Å²) in [5.74, 6) is -1.66. The van der Waals surface area contributed by atoms with Gasteiger partial charge in [-0.05, 0) is 64.8 Å². The van der Waals surface area contributed by atoms with Crippen molar-refractivity contribution in [2.75, 3.05) is 39.1 Å². The maximum Gasteiger partial charge on any atom is 0.277 e. The van der Waals surface area contributed by atoms with Gasteiger partial charge in [0.25, 0.3) is 17.7 Å². The van der Waals surface area contributed by atoms with Crippen LogP contribution in [-0.2, 0) is 27.3 Å². The minimum atomic E-state index is -2.25. The van der Waals surface area contributed by atoms with E-state index in [1.54, 1.807) is 66.4 Å². The smallest absolute Gasteiger partial charge is 0.277 e. The molecule has 0 spiro atoms. The molecule has 0 fully saturated rings. The number of carbonyl (C=O) groups is 5. The number of likely N-dealkylation sites (N-methyl/N-ethyl adjacent to an activating group) is 2. The number of aromatic nitrogens is 1. The van der Waals surface area contributed by atoms with Crippen LogP contribution in [0.4, 0.5) is 5.69 Å². The molecule has 13 heteroatoms. The maximum absolute atomic E-state index is 13.6. The molecule has 0 radical (unpaired) electrons. The number of ether oxygens (including phenoxy) is 1. The molecule has 6 bridgehead atoms. The summed E-state index contributed by atoms with van der Waals surface area (Å²) in [6, 6.07) is 16.7. The SMILES string of the molecule is CN1CCOc2ccc(nc2)C(=O)NCc2cccc(c2)C(=O)N[C@](O)(CC(C)(C)C)C(=O)Nc2ccc(cc2)CCN(C)C(=O)CC(C)(C)CC1=O. The third-order valence-electron chi connectivity index (χ3n) is 8.85. The van der Waals surface area contributed by atoms with Crippen molar-refractivity contribution in [3.8, 4) is 5.75 Å². The van der Waals surface area contributed by atoms with Gasteiger partial charge in [-0.3, -0.25) is 24.0 Å². The zero-order valence-electron chi connectivity index (χ0n) is 31.7. The van der Waals surface area contributed by atoms with E-state index in [4.69, 9.17) is 4.74 Å². The lowest BCUT2D eigenvalue weighted by molar-refractivity contribution is -0.140. The fourth-order valence-electron chi connectivity index (χ4n) is 5.89. The van der Waals surface area contributed by atoms with Crippen molar-refractivity contribution in [1.82, 2.24) is 25.4 Å². The quantitative estimate of drug-likeness (QED) is 0.290. The van der Waals surface area contributed by atoms with E-state index in [1.165, 1.54) is 12.3 Å². The Morgan fingerprint density at radius 3 is 2.13 bits per heavy atom. The van der Waals surface area contributed by atoms with Gasteiger partial charge in [0.05, 0.1) is 12.7 Å². The van der Waals surface area contributed by atoms with Crippen LogP contribution in [0, 0.1) is 10.8 Å². The summed E-state index contributed by atoms with van der Waals surface area (Å²) >= 11 is 0. The molecule has 0 saturated heterocycles. The molecule has 4 aliphatic rings. The fraction of sp³-hybridized carbons (Fsp3) is 0.450. The summed E-state index contributed by atoms with van der Waals surface area (Å²) in [5.41, 5.74) is -1.07. The van der Waals surface area contributed by atoms with Gasteiger partial charge in [-0.25, -0.2) is 4.98 Å². The third kappa shape index (κ3) is 12.1. The maximum atomic E-state index is 13.6. The van der Waals surface area contributed by atoms with Gasteiger partial charge in [-0.15, -0.1) is 0 Å². The molecule has 7 rings (SSSR count). The van der Waals surface area contributed by atoms with Gasteiger partial charge in [-0.2, -0.15) is 0 Å². The van der Waals surface area contributed by atoms with Crippen molar-refractivity contribution >= 4 is 35.2 Å². The lowest BCUT2D eigenvalue weighted by Crippen LogP contribution is -2.58. The molecular weight excluding hydrogens is 676 g/mol. The number of pyridine rings is 1. The summed E-state index contributed by atoms with van der Waals surface area (Å²) in [7, 11) is 3.42. The Morgan fingerprint density at radius 1 is 0.849 bits per heavy atom. The Labute approximate surface area is 311 Å². The second kappa shape index (κ2) is 17.0. The highest BCUT2D eigenvalue weighted by molar-refractivity contribution is 6.02. The van der Waals surface area contributed by atoms with Gasteiger partial charge in [0, 0.05) is 57.7 Å². The first-order chi connectivity index (χ1) is 24.8. The number of aliphatic hydroxyl groups is 1. The minimum absolute atomic E-state index is 0.0791. The van der Waals surface area contributed by atoms with Crippen LogP contribution >= 0.6 is 0 Å². The van der Waals surface area contributed by atoms with Crippen LogP contribution in [-0.4, -0.2) is 88.9 Å². The first-order valence-electron chi connectivity index (χ1n) is 17.7. The molecule has 5 heterocycles. The summed E-state index contributed by atoms with van der Waals surface area (Å²) in [4.78, 5) is 73.5. The van der Waals surface area contributed by atoms with Crippen LogP contribution in [0.3, 0.4) is 0 Å². The standard InChI is InChI=1S/C40H52N6O7/c1-38(2,3)26-40(52)37(51)43-30-13-11-27(12-14-30)17-18-45(6)33(47)22-39(4,5)23-34(48)46(7)19-20-53-31-15-16-32(41-25-31)36(50)42-24-28-9-8-10-29(21-28)35(49)44-40/h8-16,21,25,52H,17-20,22-24,26H2,1-7H3,(H,42,50)(H,43,51)(H,44,49)/t40-/m0/s1. The average molecular weight is 729 g/mol. The number of carbonyl (C=O) groups excluding carboxylic acids is 5. The molecule has 0 saturated carbocycles. The van der Waals surface area contributed by atoms with Crippen LogP contribution in [0.25, 0.3) is 0 Å². The van der Waals surface area contributed by atoms with Gasteiger partial charge in [0.2, 0.25) is 17.5 Å². The summed E-state index contributed by atoms with van der Waals surface area (Å²) in [6.07, 6.45) is 2.28. The summed E-state index contributed by atoms with van der Waals surface area (Å²) in [6.45, 7) is 10.4. The average Bonchev–Trinajstić information content (AvgIpc) is 3.08. The highest BCUT2D eigenvalue weighted by Gasteiger charge is 2.41. The number of hydrogen-bond donors (Lipinski definition) is 4. The number of nitrogens with zero attached hydrogens (tertiary/aromatic N) is 3. The zero-order chi connectivity index (χ0) is 39.0. The largest absolute Gasteiger partial charge is 0.490 e. The van der Waals surface area contributed by atoms with Crippen LogP contribution in [0.15, 0.2) is 66.9 Å². The summed E-state index contributed by atoms with van der Waals surface area (Å²) in [5, 5.41) is 19.7. The Morgan fingerprint density at radius 2 is 1.51 bits per heavy atom. The second-order valence-electron chi connectivity index (χ2n) is 15.7. The molecule has 284 valence electrons. The molecule has 3 aromatic rings. The molecule has 13 nitrogen and oxygen atoms in total. The molecule has 53 heavy (non-hydrogen) atoms. The number of nitrogens with one attached hydrogen (secondary N) is 3. The highest BCUT2D eigenvalue weighted by atomic mass is 16.5. The zero-order valence-corrected chi connectivity index (χ0v) is 31.7. The van der Waals surface area contributed by atoms with Gasteiger partial charge in [-0.1, -0.05) is 58.9 Å². The van der Waals surface area contributed by atoms with E-state index < -0.39 is 34.3 Å². The van der Waals surface area contributed by atoms with Crippen molar-refractivity contribution < 1.29 is 33.8 Å². The fourth-order valence-corrected chi connectivity index (χ4v) is 5.89. The van der Waals surface area contributed by atoms with E-state index in [0.29, 0.717) is 36.5 Å². The van der Waals surface area contributed by atoms with Crippen molar-refractivity contribution in [1.29, 1.82) is 0 Å². The van der Waals surface area contributed by atoms with Crippen molar-refractivity contribution in [3.05, 3.63) is 89.2 Å². The van der Waals surface area contributed by atoms with Gasteiger partial charge in [0.1, 0.15) is 18.1 Å². The van der Waals surface area contributed by atoms with E-state index in [0.717, 1.165) is 5.56 Å². The van der Waals surface area contributed by atoms with E-state index in [9.17, 15) is 29.1 Å². The molecule has 2 aromatic carbocycles. The third-order valence-corrected chi connectivity index (χ3v) is 8.85. The molecule has 4 aliphatic heterocycles. The van der Waals surface area contributed by atoms with E-state index in [2.05, 4.69) is 20.9 Å². The Bertz CT molecular complexity index is 1790. The molecule has 4 N–H and O–H groups in total. The van der Waals surface area contributed by atoms with Crippen LogP contribution in [0.2, 0.25) is 0 Å². The van der Waals surface area contributed by atoms with Crippen molar-refractivity contribution in [2.45, 2.75) is 72.6 Å². The predicted octanol–water partition coefficient (Wildman–Crippen LogP) is 4.16. The Hall–Kier alpha value is -5.30. The minimum Gasteiger partial charge on any atom is -0.490 e. The van der Waals surface area contributed by atoms with Crippen molar-refractivity contribution in [2.24, 2.45) is 10.8 Å². The van der Waals surface area contributed by atoms with E-state index in [1.807, 2.05) is 46.8 Å². The van der Waals surface area contributed by atoms with Gasteiger partial charge >= 0.3 is 0 Å². The van der Waals surface area contributed by atoms with Crippen LogP contribution < -0.4 is 20.7 Å². The van der Waals surface area contributed by atoms with Crippen molar-refractivity contribution in [3.63, 3.8) is 0 Å². The second-order valence-corrected chi connectivity index (χ2v) is 15.7. The number of benzene rings is 2. The Kier molecular flexibility index (Phi) is 13.0. The van der Waals surface area contributed by atoms with Crippen LogP contribution in [0.5, 0.6) is 5.75 Å². The number of amides is 5. The topological polar surface area (TPSA) is 170 Å². The molecule has 1 atom stereocenters. The molecule has 0 unspecified atom stereocenters. The molecule has 5 amide bonds. The number of rotatable bonds is 1. The molecule has 0 aliphatic carbocycles. The predicted molar refractivity (Wildman–Crippen MR) is 201 cm³/mol. The lowest BCUT2D eigenvalue weighted by Gasteiger charge is -2.33. The first kappa shape index (κ1) is 40.5.